The quantitative estimate of drug-likeness (QED) is 0.651. The van der Waals surface area contributed by atoms with Crippen molar-refractivity contribution in [2.24, 2.45) is 5.92 Å². The Morgan fingerprint density at radius 2 is 2.00 bits per heavy atom. The maximum Gasteiger partial charge on any atom is 0.326 e. The molecule has 142 valence electrons. The van der Waals surface area contributed by atoms with Gasteiger partial charge < -0.3 is 19.9 Å². The second-order valence-electron chi connectivity index (χ2n) is 6.37. The van der Waals surface area contributed by atoms with Crippen LogP contribution in [0.4, 0.5) is 0 Å². The Bertz CT molecular complexity index is 621. The first-order valence-corrected chi connectivity index (χ1v) is 8.78. The largest absolute Gasteiger partial charge is 0.497 e. The highest BCUT2D eigenvalue weighted by atomic mass is 16.5. The molecule has 1 aliphatic rings. The Kier molecular flexibility index (Phi) is 7.59. The normalized spacial score (nSPS) is 18.0. The molecule has 0 aliphatic carbocycles. The van der Waals surface area contributed by atoms with Gasteiger partial charge in [0.05, 0.1) is 13.7 Å². The number of ketones is 1. The van der Waals surface area contributed by atoms with Gasteiger partial charge in [0.15, 0.2) is 5.78 Å². The Balaban J connectivity index is 1.77. The monoisotopic (exact) mass is 363 g/mol. The van der Waals surface area contributed by atoms with E-state index in [1.54, 1.807) is 31.4 Å². The van der Waals surface area contributed by atoms with E-state index in [0.29, 0.717) is 37.4 Å². The molecular formula is C19H25NO6. The van der Waals surface area contributed by atoms with Gasteiger partial charge in [-0.15, -0.1) is 0 Å². The second-order valence-corrected chi connectivity index (χ2v) is 6.37. The third kappa shape index (κ3) is 5.84. The summed E-state index contributed by atoms with van der Waals surface area (Å²) < 4.78 is 10.4. The maximum absolute atomic E-state index is 12.1. The molecule has 0 aromatic heterocycles. The van der Waals surface area contributed by atoms with Crippen LogP contribution in [-0.2, 0) is 14.3 Å². The Morgan fingerprint density at radius 1 is 1.27 bits per heavy atom. The molecule has 0 spiro atoms. The van der Waals surface area contributed by atoms with Gasteiger partial charge in [-0.2, -0.15) is 0 Å². The average molecular weight is 363 g/mol. The molecule has 1 aromatic carbocycles. The van der Waals surface area contributed by atoms with E-state index < -0.39 is 12.0 Å². The Morgan fingerprint density at radius 3 is 2.58 bits per heavy atom. The number of ether oxygens (including phenoxy) is 2. The van der Waals surface area contributed by atoms with Gasteiger partial charge in [0.2, 0.25) is 5.91 Å². The highest BCUT2D eigenvalue weighted by Crippen LogP contribution is 2.18. The van der Waals surface area contributed by atoms with E-state index in [9.17, 15) is 19.5 Å². The summed E-state index contributed by atoms with van der Waals surface area (Å²) in [5.41, 5.74) is 0.564. The topological polar surface area (TPSA) is 102 Å². The smallest absolute Gasteiger partial charge is 0.326 e. The number of Topliss-reactive ketones (excluding diaryl/α,β-unsaturated/α-hetero) is 1. The van der Waals surface area contributed by atoms with Crippen LogP contribution in [0.25, 0.3) is 0 Å². The number of amides is 1. The van der Waals surface area contributed by atoms with Crippen LogP contribution in [0.3, 0.4) is 0 Å². The van der Waals surface area contributed by atoms with Crippen LogP contribution in [0.5, 0.6) is 5.75 Å². The maximum atomic E-state index is 12.1. The predicted molar refractivity (Wildman–Crippen MR) is 94.3 cm³/mol. The van der Waals surface area contributed by atoms with Gasteiger partial charge in [0, 0.05) is 30.9 Å². The summed E-state index contributed by atoms with van der Waals surface area (Å²) in [7, 11) is 1.55. The summed E-state index contributed by atoms with van der Waals surface area (Å²) in [6.45, 7) is 0.970. The first-order valence-electron chi connectivity index (χ1n) is 8.78. The lowest BCUT2D eigenvalue weighted by atomic mass is 9.93. The fraction of sp³-hybridized carbons (Fsp3) is 0.526. The van der Waals surface area contributed by atoms with Crippen molar-refractivity contribution in [2.45, 2.75) is 38.1 Å². The van der Waals surface area contributed by atoms with Crippen LogP contribution in [0, 0.1) is 5.92 Å². The molecule has 1 aromatic rings. The van der Waals surface area contributed by atoms with Crippen molar-refractivity contribution in [3.8, 4) is 5.75 Å². The molecule has 1 heterocycles. The molecule has 1 amide bonds. The molecular weight excluding hydrogens is 338 g/mol. The number of carbonyl (C=O) groups excluding carboxylic acids is 2. The molecule has 7 nitrogen and oxygen atoms in total. The minimum absolute atomic E-state index is 0.0593. The third-order valence-electron chi connectivity index (χ3n) is 4.47. The minimum Gasteiger partial charge on any atom is -0.497 e. The lowest BCUT2D eigenvalue weighted by Gasteiger charge is -2.28. The zero-order valence-corrected chi connectivity index (χ0v) is 14.9. The van der Waals surface area contributed by atoms with E-state index in [1.807, 2.05) is 0 Å². The number of hydrogen-bond acceptors (Lipinski definition) is 5. The highest BCUT2D eigenvalue weighted by Gasteiger charge is 2.31. The average Bonchev–Trinajstić information content (AvgIpc) is 2.66. The van der Waals surface area contributed by atoms with E-state index >= 15 is 0 Å². The number of methoxy groups -OCH3 is 1. The molecule has 7 heteroatoms. The Hall–Kier alpha value is -2.41. The number of carboxylic acids is 1. The molecule has 2 unspecified atom stereocenters. The second kappa shape index (κ2) is 9.91. The van der Waals surface area contributed by atoms with Gasteiger partial charge in [-0.25, -0.2) is 4.79 Å². The van der Waals surface area contributed by atoms with Gasteiger partial charge in [0.25, 0.3) is 0 Å². The molecule has 1 aliphatic heterocycles. The SMILES string of the molecule is COc1ccc(C(=O)CCCC(=O)NC(C(=O)O)C2CCCOC2)cc1. The first kappa shape index (κ1) is 19.9. The van der Waals surface area contributed by atoms with E-state index in [2.05, 4.69) is 5.32 Å². The first-order chi connectivity index (χ1) is 12.5. The van der Waals surface area contributed by atoms with Crippen LogP contribution in [0.2, 0.25) is 0 Å². The van der Waals surface area contributed by atoms with Gasteiger partial charge in [-0.05, 0) is 43.5 Å². The van der Waals surface area contributed by atoms with Crippen molar-refractivity contribution in [3.05, 3.63) is 29.8 Å². The number of rotatable bonds is 9. The van der Waals surface area contributed by atoms with Crippen molar-refractivity contribution >= 4 is 17.7 Å². The number of nitrogens with one attached hydrogen (secondary N) is 1. The molecule has 26 heavy (non-hydrogen) atoms. The van der Waals surface area contributed by atoms with E-state index in [-0.39, 0.29) is 30.4 Å². The van der Waals surface area contributed by atoms with E-state index in [1.165, 1.54) is 0 Å². The Labute approximate surface area is 152 Å². The zero-order valence-electron chi connectivity index (χ0n) is 14.9. The number of carboxylic acid groups (broad SMARTS) is 1. The van der Waals surface area contributed by atoms with Crippen LogP contribution >= 0.6 is 0 Å². The van der Waals surface area contributed by atoms with Crippen molar-refractivity contribution in [3.63, 3.8) is 0 Å². The summed E-state index contributed by atoms with van der Waals surface area (Å²) >= 11 is 0. The van der Waals surface area contributed by atoms with Gasteiger partial charge in [0.1, 0.15) is 11.8 Å². The van der Waals surface area contributed by atoms with Crippen LogP contribution in [0.15, 0.2) is 24.3 Å². The summed E-state index contributed by atoms with van der Waals surface area (Å²) in [4.78, 5) is 35.6. The van der Waals surface area contributed by atoms with Crippen LogP contribution < -0.4 is 10.1 Å². The zero-order chi connectivity index (χ0) is 18.9. The van der Waals surface area contributed by atoms with Gasteiger partial charge in [-0.1, -0.05) is 0 Å². The molecule has 0 saturated carbocycles. The third-order valence-corrected chi connectivity index (χ3v) is 4.47. The molecule has 0 bridgehead atoms. The van der Waals surface area contributed by atoms with Crippen LogP contribution in [0.1, 0.15) is 42.5 Å². The molecule has 2 atom stereocenters. The lowest BCUT2D eigenvalue weighted by Crippen LogP contribution is -2.48. The fourth-order valence-corrected chi connectivity index (χ4v) is 2.99. The summed E-state index contributed by atoms with van der Waals surface area (Å²) in [5, 5.41) is 11.9. The van der Waals surface area contributed by atoms with E-state index in [4.69, 9.17) is 9.47 Å². The standard InChI is InChI=1S/C19H25NO6/c1-25-15-9-7-13(8-10-15)16(21)5-2-6-17(22)20-18(19(23)24)14-4-3-11-26-12-14/h7-10,14,18H,2-6,11-12H2,1H3,(H,20,22)(H,23,24). The van der Waals surface area contributed by atoms with Gasteiger partial charge >= 0.3 is 5.97 Å². The van der Waals surface area contributed by atoms with Crippen LogP contribution in [-0.4, -0.2) is 49.1 Å². The number of hydrogen-bond donors (Lipinski definition) is 2. The molecule has 0 radical (unpaired) electrons. The number of aliphatic carboxylic acids is 1. The summed E-state index contributed by atoms with van der Waals surface area (Å²) in [6.07, 6.45) is 2.21. The molecule has 2 rings (SSSR count). The minimum atomic E-state index is -1.05. The van der Waals surface area contributed by atoms with Crippen molar-refractivity contribution in [1.29, 1.82) is 0 Å². The molecule has 1 saturated heterocycles. The number of carbonyl (C=O) groups is 3. The van der Waals surface area contributed by atoms with Crippen molar-refractivity contribution in [2.75, 3.05) is 20.3 Å². The molecule has 2 N–H and O–H groups in total. The fourth-order valence-electron chi connectivity index (χ4n) is 2.99. The molecule has 1 fully saturated rings. The predicted octanol–water partition coefficient (Wildman–Crippen LogP) is 2.04. The van der Waals surface area contributed by atoms with Gasteiger partial charge in [-0.3, -0.25) is 9.59 Å². The summed E-state index contributed by atoms with van der Waals surface area (Å²) in [6, 6.07) is 5.85. The van der Waals surface area contributed by atoms with E-state index in [0.717, 1.165) is 6.42 Å². The highest BCUT2D eigenvalue weighted by molar-refractivity contribution is 5.96. The lowest BCUT2D eigenvalue weighted by molar-refractivity contribution is -0.145. The van der Waals surface area contributed by atoms with Crippen molar-refractivity contribution < 1.29 is 29.0 Å². The van der Waals surface area contributed by atoms with Crippen molar-refractivity contribution in [1.82, 2.24) is 5.32 Å². The number of benzene rings is 1. The summed E-state index contributed by atoms with van der Waals surface area (Å²) in [5.74, 6) is -1.01.